The van der Waals surface area contributed by atoms with Gasteiger partial charge in [-0.15, -0.1) is 10.2 Å². The van der Waals surface area contributed by atoms with Crippen LogP contribution in [0.3, 0.4) is 0 Å². The average Bonchev–Trinajstić information content (AvgIpc) is 3.16. The Bertz CT molecular complexity index is 1250. The van der Waals surface area contributed by atoms with Crippen LogP contribution in [0.1, 0.15) is 10.4 Å². The number of thioether (sulfide) groups is 1. The summed E-state index contributed by atoms with van der Waals surface area (Å²) in [5, 5.41) is 8.38. The molecule has 0 aliphatic rings. The normalized spacial score (nSPS) is 11.0. The third-order valence-corrected chi connectivity index (χ3v) is 5.21. The number of hydrogen-bond acceptors (Lipinski definition) is 6. The van der Waals surface area contributed by atoms with E-state index in [1.807, 2.05) is 0 Å². The quantitative estimate of drug-likeness (QED) is 0.359. The predicted molar refractivity (Wildman–Crippen MR) is 107 cm³/mol. The van der Waals surface area contributed by atoms with Crippen LogP contribution in [0.15, 0.2) is 70.9 Å². The second-order valence-electron chi connectivity index (χ2n) is 6.07. The van der Waals surface area contributed by atoms with Crippen molar-refractivity contribution in [3.05, 3.63) is 82.7 Å². The summed E-state index contributed by atoms with van der Waals surface area (Å²) >= 11 is 1.18. The lowest BCUT2D eigenvalue weighted by molar-refractivity contribution is 0.102. The molecule has 0 unspecified atom stereocenters. The Morgan fingerprint density at radius 3 is 2.66 bits per heavy atom. The lowest BCUT2D eigenvalue weighted by Gasteiger charge is -2.06. The van der Waals surface area contributed by atoms with Gasteiger partial charge >= 0.3 is 5.56 Å². The van der Waals surface area contributed by atoms with Gasteiger partial charge < -0.3 is 4.74 Å². The number of halogens is 1. The Morgan fingerprint density at radius 1 is 1.14 bits per heavy atom. The minimum atomic E-state index is -0.441. The monoisotopic (exact) mass is 410 g/mol. The number of fused-ring (bicyclic) bond motifs is 1. The van der Waals surface area contributed by atoms with E-state index in [9.17, 15) is 14.0 Å². The van der Waals surface area contributed by atoms with E-state index < -0.39 is 11.4 Å². The molecule has 9 heteroatoms. The van der Waals surface area contributed by atoms with Crippen molar-refractivity contribution in [1.82, 2.24) is 19.2 Å². The highest BCUT2D eigenvalue weighted by molar-refractivity contribution is 7.99. The van der Waals surface area contributed by atoms with Gasteiger partial charge in [0.2, 0.25) is 5.65 Å². The number of methoxy groups -OCH3 is 1. The first-order valence-corrected chi connectivity index (χ1v) is 9.58. The molecule has 2 aromatic carbocycles. The summed E-state index contributed by atoms with van der Waals surface area (Å²) in [6.45, 7) is 0. The molecular weight excluding hydrogens is 395 g/mol. The Morgan fingerprint density at radius 2 is 1.93 bits per heavy atom. The molecule has 0 aliphatic carbocycles. The van der Waals surface area contributed by atoms with Crippen LogP contribution in [-0.4, -0.2) is 37.8 Å². The summed E-state index contributed by atoms with van der Waals surface area (Å²) in [5.74, 6) is 0.291. The third-order valence-electron chi connectivity index (χ3n) is 4.27. The van der Waals surface area contributed by atoms with Crippen LogP contribution < -0.4 is 10.3 Å². The molecular formula is C20H15FN4O3S. The van der Waals surface area contributed by atoms with E-state index in [1.54, 1.807) is 43.6 Å². The van der Waals surface area contributed by atoms with Crippen LogP contribution >= 0.6 is 11.8 Å². The number of Topliss-reactive ketones (excluding diaryl/α,β-unsaturated/α-hetero) is 1. The second kappa shape index (κ2) is 7.88. The molecule has 0 saturated carbocycles. The summed E-state index contributed by atoms with van der Waals surface area (Å²) in [4.78, 5) is 25.1. The van der Waals surface area contributed by atoms with Gasteiger partial charge in [-0.05, 0) is 42.5 Å². The first-order valence-electron chi connectivity index (χ1n) is 8.59. The van der Waals surface area contributed by atoms with E-state index in [4.69, 9.17) is 4.74 Å². The zero-order valence-electron chi connectivity index (χ0n) is 15.3. The van der Waals surface area contributed by atoms with Crippen molar-refractivity contribution in [2.45, 2.75) is 5.16 Å². The van der Waals surface area contributed by atoms with Crippen molar-refractivity contribution in [2.24, 2.45) is 0 Å². The van der Waals surface area contributed by atoms with Gasteiger partial charge in [0.1, 0.15) is 11.6 Å². The SMILES string of the molecule is COc1ccc(C(=O)CSc2nnc3c(=O)n(-c4cccc(F)c4)ccn23)cc1. The molecule has 0 fully saturated rings. The molecule has 29 heavy (non-hydrogen) atoms. The van der Waals surface area contributed by atoms with E-state index in [0.717, 1.165) is 0 Å². The van der Waals surface area contributed by atoms with Crippen LogP contribution in [0.2, 0.25) is 0 Å². The molecule has 7 nitrogen and oxygen atoms in total. The third kappa shape index (κ3) is 3.77. The molecule has 0 N–H and O–H groups in total. The minimum Gasteiger partial charge on any atom is -0.497 e. The fraction of sp³-hybridized carbons (Fsp3) is 0.100. The Hall–Kier alpha value is -3.46. The fourth-order valence-corrected chi connectivity index (χ4v) is 3.60. The largest absolute Gasteiger partial charge is 0.497 e. The maximum Gasteiger partial charge on any atom is 0.300 e. The molecule has 146 valence electrons. The van der Waals surface area contributed by atoms with Crippen LogP contribution in [0.4, 0.5) is 4.39 Å². The number of carbonyl (C=O) groups excluding carboxylic acids is 1. The van der Waals surface area contributed by atoms with Gasteiger partial charge in [-0.25, -0.2) is 4.39 Å². The van der Waals surface area contributed by atoms with Crippen molar-refractivity contribution in [2.75, 3.05) is 12.9 Å². The maximum absolute atomic E-state index is 13.5. The van der Waals surface area contributed by atoms with Crippen LogP contribution in [-0.2, 0) is 0 Å². The van der Waals surface area contributed by atoms with Crippen molar-refractivity contribution >= 4 is 23.2 Å². The second-order valence-corrected chi connectivity index (χ2v) is 7.01. The van der Waals surface area contributed by atoms with Crippen LogP contribution in [0.5, 0.6) is 5.75 Å². The topological polar surface area (TPSA) is 78.5 Å². The van der Waals surface area contributed by atoms with Crippen molar-refractivity contribution in [3.63, 3.8) is 0 Å². The average molecular weight is 410 g/mol. The summed E-state index contributed by atoms with van der Waals surface area (Å²) in [6.07, 6.45) is 3.13. The van der Waals surface area contributed by atoms with E-state index >= 15 is 0 Å². The number of aromatic nitrogens is 4. The number of ether oxygens (including phenoxy) is 1. The van der Waals surface area contributed by atoms with Crippen molar-refractivity contribution in [1.29, 1.82) is 0 Å². The molecule has 2 heterocycles. The molecule has 4 aromatic rings. The molecule has 0 saturated heterocycles. The number of hydrogen-bond donors (Lipinski definition) is 0. The van der Waals surface area contributed by atoms with Gasteiger partial charge in [0, 0.05) is 18.0 Å². The number of rotatable bonds is 6. The standard InChI is InChI=1S/C20H15FN4O3S/c1-28-16-7-5-13(6-8-16)17(26)12-29-20-23-22-18-19(27)24(9-10-25(18)20)15-4-2-3-14(21)11-15/h2-11H,12H2,1H3. The minimum absolute atomic E-state index is 0.0810. The van der Waals surface area contributed by atoms with Gasteiger partial charge in [-0.2, -0.15) is 0 Å². The van der Waals surface area contributed by atoms with E-state index in [2.05, 4.69) is 10.2 Å². The zero-order valence-corrected chi connectivity index (χ0v) is 16.1. The smallest absolute Gasteiger partial charge is 0.300 e. The van der Waals surface area contributed by atoms with Gasteiger partial charge in [-0.1, -0.05) is 17.8 Å². The van der Waals surface area contributed by atoms with Crippen molar-refractivity contribution < 1.29 is 13.9 Å². The molecule has 0 radical (unpaired) electrons. The van der Waals surface area contributed by atoms with E-state index in [1.165, 1.54) is 45.1 Å². The van der Waals surface area contributed by atoms with E-state index in [0.29, 0.717) is 22.2 Å². The molecule has 2 aromatic heterocycles. The van der Waals surface area contributed by atoms with Gasteiger partial charge in [0.25, 0.3) is 0 Å². The molecule has 0 amide bonds. The molecule has 0 bridgehead atoms. The fourth-order valence-electron chi connectivity index (χ4n) is 2.78. The van der Waals surface area contributed by atoms with Crippen molar-refractivity contribution in [3.8, 4) is 11.4 Å². The highest BCUT2D eigenvalue weighted by atomic mass is 32.2. The van der Waals surface area contributed by atoms with Gasteiger partial charge in [-0.3, -0.25) is 18.6 Å². The lowest BCUT2D eigenvalue weighted by atomic mass is 10.1. The zero-order chi connectivity index (χ0) is 20.4. The Kier molecular flexibility index (Phi) is 5.13. The summed E-state index contributed by atoms with van der Waals surface area (Å²) in [5.41, 5.74) is 0.611. The van der Waals surface area contributed by atoms with Crippen LogP contribution in [0, 0.1) is 5.82 Å². The number of carbonyl (C=O) groups is 1. The predicted octanol–water partition coefficient (Wildman–Crippen LogP) is 3.00. The Labute approximate surface area is 168 Å². The molecule has 0 aliphatic heterocycles. The Balaban J connectivity index is 1.57. The number of ketones is 1. The molecule has 0 atom stereocenters. The van der Waals surface area contributed by atoms with Crippen LogP contribution in [0.25, 0.3) is 11.3 Å². The summed E-state index contributed by atoms with van der Waals surface area (Å²) < 4.78 is 21.4. The molecule has 4 rings (SSSR count). The highest BCUT2D eigenvalue weighted by Crippen LogP contribution is 2.19. The first kappa shape index (κ1) is 18.9. The summed E-state index contributed by atoms with van der Waals surface area (Å²) in [7, 11) is 1.56. The maximum atomic E-state index is 13.5. The first-order chi connectivity index (χ1) is 14.1. The number of nitrogens with zero attached hydrogens (tertiary/aromatic N) is 4. The van der Waals surface area contributed by atoms with E-state index in [-0.39, 0.29) is 17.2 Å². The van der Waals surface area contributed by atoms with Gasteiger partial charge in [0.05, 0.1) is 18.6 Å². The number of benzene rings is 2. The van der Waals surface area contributed by atoms with Gasteiger partial charge in [0.15, 0.2) is 10.9 Å². The molecule has 0 spiro atoms. The highest BCUT2D eigenvalue weighted by Gasteiger charge is 2.14. The lowest BCUT2D eigenvalue weighted by Crippen LogP contribution is -2.20. The summed E-state index contributed by atoms with van der Waals surface area (Å²) in [6, 6.07) is 12.6.